The molecule has 0 bridgehead atoms. The van der Waals surface area contributed by atoms with Crippen molar-refractivity contribution in [2.24, 2.45) is 0 Å². The molecule has 5 rings (SSSR count). The molecule has 0 saturated carbocycles. The van der Waals surface area contributed by atoms with Gasteiger partial charge in [-0.05, 0) is 67.1 Å². The van der Waals surface area contributed by atoms with Gasteiger partial charge >= 0.3 is 0 Å². The molecule has 4 aromatic carbocycles. The van der Waals surface area contributed by atoms with E-state index in [1.807, 2.05) is 30.3 Å². The highest BCUT2D eigenvalue weighted by Gasteiger charge is 2.26. The molecule has 0 aliphatic carbocycles. The van der Waals surface area contributed by atoms with E-state index in [1.165, 1.54) is 0 Å². The zero-order valence-corrected chi connectivity index (χ0v) is 21.3. The molecule has 0 aliphatic heterocycles. The Morgan fingerprint density at radius 1 is 0.868 bits per heavy atom. The van der Waals surface area contributed by atoms with Crippen LogP contribution in [0.5, 0.6) is 17.2 Å². The van der Waals surface area contributed by atoms with E-state index in [2.05, 4.69) is 5.32 Å². The van der Waals surface area contributed by atoms with Gasteiger partial charge < -0.3 is 19.2 Å². The summed E-state index contributed by atoms with van der Waals surface area (Å²) in [5.41, 5.74) is 1.08. The first-order valence-corrected chi connectivity index (χ1v) is 12.5. The Labute approximate surface area is 224 Å². The van der Waals surface area contributed by atoms with Crippen molar-refractivity contribution in [3.05, 3.63) is 118 Å². The van der Waals surface area contributed by atoms with Crippen LogP contribution >= 0.6 is 11.6 Å². The summed E-state index contributed by atoms with van der Waals surface area (Å²) >= 11 is 6.43. The molecule has 1 unspecified atom stereocenters. The summed E-state index contributed by atoms with van der Waals surface area (Å²) in [6, 6.07) is 30.3. The molecule has 1 atom stereocenters. The monoisotopic (exact) mass is 525 g/mol. The van der Waals surface area contributed by atoms with Crippen LogP contribution in [0.25, 0.3) is 22.3 Å². The number of halogens is 1. The van der Waals surface area contributed by atoms with E-state index in [4.69, 9.17) is 25.5 Å². The predicted molar refractivity (Wildman–Crippen MR) is 149 cm³/mol. The normalized spacial score (nSPS) is 11.6. The summed E-state index contributed by atoms with van der Waals surface area (Å²) in [6.07, 6.45) is -0.643. The van der Waals surface area contributed by atoms with Crippen molar-refractivity contribution in [3.8, 4) is 28.6 Å². The standard InChI is InChI=1S/C31H24ClNO5/c1-2-26(31(35)33-20-16-18-22(19-17-20)36-21-10-4-3-5-11-21)37-30-28(34)24-13-7-9-15-27(24)38-29(30)23-12-6-8-14-25(23)32/h3-19,26H,2H2,1H3,(H,33,35). The number of fused-ring (bicyclic) bond motifs is 1. The number of carbonyl (C=O) groups is 1. The Hall–Kier alpha value is -4.55. The minimum Gasteiger partial charge on any atom is -0.473 e. The first-order valence-electron chi connectivity index (χ1n) is 12.1. The van der Waals surface area contributed by atoms with E-state index < -0.39 is 12.0 Å². The molecule has 190 valence electrons. The minimum absolute atomic E-state index is 0.0644. The van der Waals surface area contributed by atoms with Crippen molar-refractivity contribution in [1.82, 2.24) is 0 Å². The molecular weight excluding hydrogens is 502 g/mol. The van der Waals surface area contributed by atoms with Gasteiger partial charge in [0.1, 0.15) is 17.1 Å². The third-order valence-corrected chi connectivity index (χ3v) is 6.23. The van der Waals surface area contributed by atoms with Gasteiger partial charge in [0.05, 0.1) is 10.4 Å². The van der Waals surface area contributed by atoms with Crippen LogP contribution in [0.2, 0.25) is 5.02 Å². The molecule has 0 aliphatic rings. The highest BCUT2D eigenvalue weighted by Crippen LogP contribution is 2.36. The van der Waals surface area contributed by atoms with Crippen molar-refractivity contribution < 1.29 is 18.7 Å². The smallest absolute Gasteiger partial charge is 0.265 e. The molecule has 0 fully saturated rings. The second kappa shape index (κ2) is 11.2. The van der Waals surface area contributed by atoms with Crippen LogP contribution in [0.15, 0.2) is 112 Å². The lowest BCUT2D eigenvalue weighted by Crippen LogP contribution is -2.34. The highest BCUT2D eigenvalue weighted by molar-refractivity contribution is 6.33. The molecule has 7 heteroatoms. The Kier molecular flexibility index (Phi) is 7.43. The average molecular weight is 526 g/mol. The molecule has 1 heterocycles. The van der Waals surface area contributed by atoms with Crippen LogP contribution in [0.1, 0.15) is 13.3 Å². The molecule has 6 nitrogen and oxygen atoms in total. The SMILES string of the molecule is CCC(Oc1c(-c2ccccc2Cl)oc2ccccc2c1=O)C(=O)Nc1ccc(Oc2ccccc2)cc1. The van der Waals surface area contributed by atoms with Crippen molar-refractivity contribution in [2.45, 2.75) is 19.4 Å². The Morgan fingerprint density at radius 2 is 1.53 bits per heavy atom. The first kappa shape index (κ1) is 25.1. The number of amides is 1. The van der Waals surface area contributed by atoms with Gasteiger partial charge in [-0.1, -0.05) is 61.0 Å². The number of hydrogen-bond acceptors (Lipinski definition) is 5. The van der Waals surface area contributed by atoms with Gasteiger partial charge in [0.2, 0.25) is 11.2 Å². The highest BCUT2D eigenvalue weighted by atomic mass is 35.5. The maximum absolute atomic E-state index is 13.5. The summed E-state index contributed by atoms with van der Waals surface area (Å²) in [5.74, 6) is 1.06. The number of benzene rings is 4. The van der Waals surface area contributed by atoms with Gasteiger partial charge in [-0.3, -0.25) is 9.59 Å². The lowest BCUT2D eigenvalue weighted by molar-refractivity contribution is -0.122. The lowest BCUT2D eigenvalue weighted by Gasteiger charge is -2.19. The number of nitrogens with one attached hydrogen (secondary N) is 1. The van der Waals surface area contributed by atoms with E-state index in [-0.39, 0.29) is 16.9 Å². The maximum atomic E-state index is 13.5. The maximum Gasteiger partial charge on any atom is 0.265 e. The van der Waals surface area contributed by atoms with Crippen LogP contribution in [0, 0.1) is 0 Å². The van der Waals surface area contributed by atoms with Crippen LogP contribution in [-0.4, -0.2) is 12.0 Å². The lowest BCUT2D eigenvalue weighted by atomic mass is 10.1. The van der Waals surface area contributed by atoms with Crippen molar-refractivity contribution in [3.63, 3.8) is 0 Å². The fourth-order valence-corrected chi connectivity index (χ4v) is 4.19. The fourth-order valence-electron chi connectivity index (χ4n) is 3.97. The Balaban J connectivity index is 1.41. The van der Waals surface area contributed by atoms with Gasteiger partial charge in [0.15, 0.2) is 11.9 Å². The molecular formula is C31H24ClNO5. The molecule has 5 aromatic rings. The van der Waals surface area contributed by atoms with E-state index in [0.29, 0.717) is 45.2 Å². The molecule has 0 saturated heterocycles. The van der Waals surface area contributed by atoms with Crippen molar-refractivity contribution in [1.29, 1.82) is 0 Å². The molecule has 1 N–H and O–H groups in total. The van der Waals surface area contributed by atoms with E-state index in [0.717, 1.165) is 0 Å². The predicted octanol–water partition coefficient (Wildman–Crippen LogP) is 7.70. The summed E-state index contributed by atoms with van der Waals surface area (Å²) in [6.45, 7) is 1.80. The van der Waals surface area contributed by atoms with Gasteiger partial charge in [-0.25, -0.2) is 0 Å². The van der Waals surface area contributed by atoms with Crippen molar-refractivity contribution >= 4 is 34.2 Å². The summed E-state index contributed by atoms with van der Waals surface area (Å²) in [7, 11) is 0. The summed E-state index contributed by atoms with van der Waals surface area (Å²) in [5, 5.41) is 3.60. The minimum atomic E-state index is -0.958. The van der Waals surface area contributed by atoms with Crippen LogP contribution in [-0.2, 0) is 4.79 Å². The van der Waals surface area contributed by atoms with E-state index in [1.54, 1.807) is 79.7 Å². The van der Waals surface area contributed by atoms with Crippen LogP contribution < -0.4 is 20.2 Å². The summed E-state index contributed by atoms with van der Waals surface area (Å²) in [4.78, 5) is 26.7. The number of hydrogen-bond donors (Lipinski definition) is 1. The van der Waals surface area contributed by atoms with Gasteiger partial charge in [-0.15, -0.1) is 0 Å². The number of rotatable bonds is 8. The Bertz CT molecular complexity index is 1630. The van der Waals surface area contributed by atoms with Gasteiger partial charge in [0, 0.05) is 11.3 Å². The van der Waals surface area contributed by atoms with Gasteiger partial charge in [-0.2, -0.15) is 0 Å². The second-order valence-corrected chi connectivity index (χ2v) is 8.92. The second-order valence-electron chi connectivity index (χ2n) is 8.51. The molecule has 0 radical (unpaired) electrons. The number of ether oxygens (including phenoxy) is 2. The van der Waals surface area contributed by atoms with Crippen LogP contribution in [0.3, 0.4) is 0 Å². The molecule has 1 aromatic heterocycles. The Morgan fingerprint density at radius 3 is 2.26 bits per heavy atom. The molecule has 38 heavy (non-hydrogen) atoms. The average Bonchev–Trinajstić information content (AvgIpc) is 2.94. The van der Waals surface area contributed by atoms with Crippen LogP contribution in [0.4, 0.5) is 5.69 Å². The zero-order valence-electron chi connectivity index (χ0n) is 20.5. The number of para-hydroxylation sites is 2. The number of anilines is 1. The van der Waals surface area contributed by atoms with Crippen molar-refractivity contribution in [2.75, 3.05) is 5.32 Å². The molecule has 1 amide bonds. The topological polar surface area (TPSA) is 77.8 Å². The quantitative estimate of drug-likeness (QED) is 0.224. The molecule has 0 spiro atoms. The summed E-state index contributed by atoms with van der Waals surface area (Å²) < 4.78 is 18.0. The zero-order chi connectivity index (χ0) is 26.5. The third kappa shape index (κ3) is 5.41. The first-order chi connectivity index (χ1) is 18.5. The van der Waals surface area contributed by atoms with E-state index in [9.17, 15) is 9.59 Å². The fraction of sp³-hybridized carbons (Fsp3) is 0.0968. The van der Waals surface area contributed by atoms with Gasteiger partial charge in [0.25, 0.3) is 5.91 Å². The largest absolute Gasteiger partial charge is 0.473 e. The van der Waals surface area contributed by atoms with E-state index >= 15 is 0 Å². The third-order valence-electron chi connectivity index (χ3n) is 5.90. The number of carbonyl (C=O) groups excluding carboxylic acids is 1.